The van der Waals surface area contributed by atoms with Crippen molar-refractivity contribution in [2.24, 2.45) is 5.92 Å². The molecule has 19 heavy (non-hydrogen) atoms. The van der Waals surface area contributed by atoms with E-state index in [0.29, 0.717) is 5.92 Å². The fourth-order valence-corrected chi connectivity index (χ4v) is 3.27. The first-order chi connectivity index (χ1) is 8.96. The zero-order valence-corrected chi connectivity index (χ0v) is 12.4. The Kier molecular flexibility index (Phi) is 4.63. The fraction of sp³-hybridized carbons (Fsp3) is 0.600. The van der Waals surface area contributed by atoms with E-state index in [4.69, 9.17) is 4.18 Å². The van der Waals surface area contributed by atoms with Gasteiger partial charge in [-0.05, 0) is 31.2 Å². The molecule has 3 nitrogen and oxygen atoms in total. The summed E-state index contributed by atoms with van der Waals surface area (Å²) in [4.78, 5) is 0. The monoisotopic (exact) mass is 282 g/mol. The molecule has 1 aromatic carbocycles. The Balaban J connectivity index is 2.15. The molecule has 1 unspecified atom stereocenters. The zero-order chi connectivity index (χ0) is 13.9. The molecule has 1 aromatic rings. The predicted molar refractivity (Wildman–Crippen MR) is 76.7 cm³/mol. The summed E-state index contributed by atoms with van der Waals surface area (Å²) in [6, 6.07) is 8.36. The van der Waals surface area contributed by atoms with E-state index >= 15 is 0 Å². The van der Waals surface area contributed by atoms with E-state index < -0.39 is 10.1 Å². The summed E-state index contributed by atoms with van der Waals surface area (Å²) >= 11 is 0. The van der Waals surface area contributed by atoms with Gasteiger partial charge in [0.2, 0.25) is 0 Å². The molecule has 0 N–H and O–H groups in total. The number of hydrogen-bond donors (Lipinski definition) is 0. The van der Waals surface area contributed by atoms with E-state index in [0.717, 1.165) is 6.26 Å². The maximum absolute atomic E-state index is 11.2. The lowest BCUT2D eigenvalue weighted by atomic mass is 9.85. The molecule has 0 heterocycles. The second-order valence-electron chi connectivity index (χ2n) is 5.55. The molecule has 106 valence electrons. The summed E-state index contributed by atoms with van der Waals surface area (Å²) in [6.07, 6.45) is 5.95. The molecule has 0 amide bonds. The van der Waals surface area contributed by atoms with Crippen molar-refractivity contribution >= 4 is 10.1 Å². The lowest BCUT2D eigenvalue weighted by Gasteiger charge is -2.23. The van der Waals surface area contributed by atoms with Crippen LogP contribution in [0.5, 0.6) is 0 Å². The highest BCUT2D eigenvalue weighted by Crippen LogP contribution is 2.37. The largest absolute Gasteiger partial charge is 0.270 e. The van der Waals surface area contributed by atoms with Crippen LogP contribution >= 0.6 is 0 Å². The summed E-state index contributed by atoms with van der Waals surface area (Å²) < 4.78 is 27.5. The maximum Gasteiger partial charge on any atom is 0.264 e. The van der Waals surface area contributed by atoms with Crippen molar-refractivity contribution in [2.45, 2.75) is 38.5 Å². The van der Waals surface area contributed by atoms with E-state index in [2.05, 4.69) is 31.2 Å². The molecule has 1 fully saturated rings. The van der Waals surface area contributed by atoms with Gasteiger partial charge in [-0.3, -0.25) is 4.18 Å². The molecule has 1 saturated carbocycles. The zero-order valence-electron chi connectivity index (χ0n) is 11.6. The van der Waals surface area contributed by atoms with Gasteiger partial charge in [-0.2, -0.15) is 8.42 Å². The molecule has 1 aliphatic carbocycles. The SMILES string of the molecule is Cc1ccc(C(COS(C)(=O)=O)C2CCCC2)cc1. The Morgan fingerprint density at radius 3 is 2.32 bits per heavy atom. The molecule has 0 aromatic heterocycles. The van der Waals surface area contributed by atoms with Crippen LogP contribution in [0.15, 0.2) is 24.3 Å². The third kappa shape index (κ3) is 4.32. The third-order valence-electron chi connectivity index (χ3n) is 3.94. The topological polar surface area (TPSA) is 43.4 Å². The van der Waals surface area contributed by atoms with Crippen LogP contribution < -0.4 is 0 Å². The van der Waals surface area contributed by atoms with Gasteiger partial charge in [-0.1, -0.05) is 42.7 Å². The normalized spacial score (nSPS) is 18.6. The molecule has 2 rings (SSSR count). The van der Waals surface area contributed by atoms with Gasteiger partial charge in [0.05, 0.1) is 12.9 Å². The summed E-state index contributed by atoms with van der Waals surface area (Å²) in [5.41, 5.74) is 2.42. The third-order valence-corrected chi connectivity index (χ3v) is 4.50. The van der Waals surface area contributed by atoms with E-state index in [9.17, 15) is 8.42 Å². The van der Waals surface area contributed by atoms with Gasteiger partial charge in [0.15, 0.2) is 0 Å². The minimum absolute atomic E-state index is 0.192. The highest BCUT2D eigenvalue weighted by atomic mass is 32.2. The minimum atomic E-state index is -3.36. The second kappa shape index (κ2) is 6.06. The molecule has 0 saturated heterocycles. The molecule has 0 radical (unpaired) electrons. The lowest BCUT2D eigenvalue weighted by molar-refractivity contribution is 0.252. The van der Waals surface area contributed by atoms with Crippen molar-refractivity contribution < 1.29 is 12.6 Å². The Morgan fingerprint density at radius 2 is 1.79 bits per heavy atom. The van der Waals surface area contributed by atoms with Crippen LogP contribution in [0.3, 0.4) is 0 Å². The average molecular weight is 282 g/mol. The van der Waals surface area contributed by atoms with Gasteiger partial charge in [0.1, 0.15) is 0 Å². The van der Waals surface area contributed by atoms with Crippen LogP contribution in [-0.2, 0) is 14.3 Å². The summed E-state index contributed by atoms with van der Waals surface area (Å²) in [5, 5.41) is 0. The second-order valence-corrected chi connectivity index (χ2v) is 7.19. The smallest absolute Gasteiger partial charge is 0.264 e. The molecular weight excluding hydrogens is 260 g/mol. The first-order valence-electron chi connectivity index (χ1n) is 6.87. The van der Waals surface area contributed by atoms with Crippen LogP contribution in [0.1, 0.15) is 42.7 Å². The maximum atomic E-state index is 11.2. The molecule has 0 spiro atoms. The van der Waals surface area contributed by atoms with Crippen molar-refractivity contribution in [1.82, 2.24) is 0 Å². The van der Waals surface area contributed by atoms with Crippen molar-refractivity contribution in [3.05, 3.63) is 35.4 Å². The Hall–Kier alpha value is -0.870. The van der Waals surface area contributed by atoms with Crippen LogP contribution in [0, 0.1) is 12.8 Å². The van der Waals surface area contributed by atoms with Crippen molar-refractivity contribution in [3.8, 4) is 0 Å². The fourth-order valence-electron chi connectivity index (χ4n) is 2.87. The van der Waals surface area contributed by atoms with Gasteiger partial charge >= 0.3 is 0 Å². The predicted octanol–water partition coefficient (Wildman–Crippen LogP) is 3.25. The van der Waals surface area contributed by atoms with Crippen molar-refractivity contribution in [2.75, 3.05) is 12.9 Å². The molecular formula is C15H22O3S. The quantitative estimate of drug-likeness (QED) is 0.779. The van der Waals surface area contributed by atoms with Gasteiger partial charge < -0.3 is 0 Å². The summed E-state index contributed by atoms with van der Waals surface area (Å²) in [5.74, 6) is 0.738. The van der Waals surface area contributed by atoms with Gasteiger partial charge in [-0.15, -0.1) is 0 Å². The molecule has 0 aliphatic heterocycles. The van der Waals surface area contributed by atoms with Crippen molar-refractivity contribution in [3.63, 3.8) is 0 Å². The van der Waals surface area contributed by atoms with Gasteiger partial charge in [0, 0.05) is 5.92 Å². The molecule has 1 atom stereocenters. The summed E-state index contributed by atoms with van der Waals surface area (Å²) in [7, 11) is -3.36. The lowest BCUT2D eigenvalue weighted by Crippen LogP contribution is -2.18. The molecule has 4 heteroatoms. The molecule has 1 aliphatic rings. The van der Waals surface area contributed by atoms with Crippen LogP contribution in [0.25, 0.3) is 0 Å². The highest BCUT2D eigenvalue weighted by molar-refractivity contribution is 7.85. The average Bonchev–Trinajstić information content (AvgIpc) is 2.84. The van der Waals surface area contributed by atoms with Crippen LogP contribution in [-0.4, -0.2) is 21.3 Å². The Bertz CT molecular complexity index is 499. The standard InChI is InChI=1S/C15H22O3S/c1-12-7-9-14(10-8-12)15(11-18-19(2,16)17)13-5-3-4-6-13/h7-10,13,15H,3-6,11H2,1-2H3. The van der Waals surface area contributed by atoms with E-state index in [-0.39, 0.29) is 12.5 Å². The van der Waals surface area contributed by atoms with E-state index in [1.165, 1.54) is 36.8 Å². The summed E-state index contributed by atoms with van der Waals surface area (Å²) in [6.45, 7) is 2.33. The number of hydrogen-bond acceptors (Lipinski definition) is 3. The first kappa shape index (κ1) is 14.5. The van der Waals surface area contributed by atoms with E-state index in [1.54, 1.807) is 0 Å². The number of aryl methyl sites for hydroxylation is 1. The highest BCUT2D eigenvalue weighted by Gasteiger charge is 2.27. The molecule has 0 bridgehead atoms. The van der Waals surface area contributed by atoms with Crippen molar-refractivity contribution in [1.29, 1.82) is 0 Å². The van der Waals surface area contributed by atoms with Crippen LogP contribution in [0.2, 0.25) is 0 Å². The van der Waals surface area contributed by atoms with Gasteiger partial charge in [-0.25, -0.2) is 0 Å². The number of benzene rings is 1. The van der Waals surface area contributed by atoms with E-state index in [1.807, 2.05) is 0 Å². The van der Waals surface area contributed by atoms with Gasteiger partial charge in [0.25, 0.3) is 10.1 Å². The Morgan fingerprint density at radius 1 is 1.21 bits per heavy atom. The van der Waals surface area contributed by atoms with Crippen LogP contribution in [0.4, 0.5) is 0 Å². The Labute approximate surface area is 116 Å². The number of rotatable bonds is 5. The first-order valence-corrected chi connectivity index (χ1v) is 8.68. The minimum Gasteiger partial charge on any atom is -0.270 e.